The van der Waals surface area contributed by atoms with Crippen LogP contribution in [0.2, 0.25) is 0 Å². The third-order valence-corrected chi connectivity index (χ3v) is 7.65. The molecule has 2 aliphatic heterocycles. The zero-order chi connectivity index (χ0) is 27.7. The summed E-state index contributed by atoms with van der Waals surface area (Å²) in [4.78, 5) is 6.72. The van der Waals surface area contributed by atoms with E-state index >= 15 is 0 Å². The Morgan fingerprint density at radius 3 is 2.69 bits per heavy atom. The van der Waals surface area contributed by atoms with E-state index in [9.17, 15) is 26.3 Å². The molecule has 1 fully saturated rings. The minimum absolute atomic E-state index is 0.0339. The van der Waals surface area contributed by atoms with Gasteiger partial charge in [0.15, 0.2) is 0 Å². The first-order chi connectivity index (χ1) is 18.6. The highest BCUT2D eigenvalue weighted by Crippen LogP contribution is 2.45. The summed E-state index contributed by atoms with van der Waals surface area (Å²) >= 11 is 0. The van der Waals surface area contributed by atoms with E-state index < -0.39 is 31.4 Å². The van der Waals surface area contributed by atoms with Crippen molar-refractivity contribution in [3.05, 3.63) is 59.3 Å². The molecule has 2 aliphatic rings. The van der Waals surface area contributed by atoms with Crippen LogP contribution in [0.1, 0.15) is 42.6 Å². The molecule has 1 aromatic heterocycles. The number of anilines is 1. The summed E-state index contributed by atoms with van der Waals surface area (Å²) in [7, 11) is 0. The van der Waals surface area contributed by atoms with Gasteiger partial charge < -0.3 is 19.9 Å². The molecule has 3 unspecified atom stereocenters. The van der Waals surface area contributed by atoms with Crippen molar-refractivity contribution in [2.24, 2.45) is 0 Å². The zero-order valence-electron chi connectivity index (χ0n) is 21.6. The smallest absolute Gasteiger partial charge is 0.401 e. The monoisotopic (exact) mass is 554 g/mol. The fourth-order valence-electron chi connectivity index (χ4n) is 6.02. The normalized spacial score (nSPS) is 22.5. The highest BCUT2D eigenvalue weighted by atomic mass is 19.4. The molecule has 1 saturated heterocycles. The lowest BCUT2D eigenvalue weighted by molar-refractivity contribution is -0.155. The zero-order valence-corrected chi connectivity index (χ0v) is 21.6. The van der Waals surface area contributed by atoms with E-state index in [2.05, 4.69) is 15.2 Å². The lowest BCUT2D eigenvalue weighted by Gasteiger charge is -2.41. The van der Waals surface area contributed by atoms with Gasteiger partial charge in [-0.05, 0) is 43.9 Å². The quantitative estimate of drug-likeness (QED) is 0.296. The summed E-state index contributed by atoms with van der Waals surface area (Å²) in [6.07, 6.45) is -2.84. The Kier molecular flexibility index (Phi) is 8.00. The molecule has 11 heteroatoms. The number of hydrogen-bond acceptors (Lipinski definition) is 4. The summed E-state index contributed by atoms with van der Waals surface area (Å²) in [5, 5.41) is 4.23. The number of halogens is 6. The molecule has 3 heterocycles. The van der Waals surface area contributed by atoms with Crippen LogP contribution in [-0.4, -0.2) is 72.5 Å². The molecule has 5 rings (SSSR count). The van der Waals surface area contributed by atoms with E-state index in [1.807, 2.05) is 24.3 Å². The van der Waals surface area contributed by atoms with Crippen molar-refractivity contribution in [3.8, 4) is 5.75 Å². The first kappa shape index (κ1) is 27.6. The first-order valence-electron chi connectivity index (χ1n) is 13.2. The van der Waals surface area contributed by atoms with E-state index in [1.54, 1.807) is 19.1 Å². The highest BCUT2D eigenvalue weighted by molar-refractivity contribution is 5.85. The SMILES string of the molecule is CC1Cc2c([nH]c3ccccc23)C(c2ccc(NC3CCN(CCCF)C3)cc2OC(F)F)N1CC(F)(F)F. The Hall–Kier alpha value is -2.92. The number of para-hydroxylation sites is 1. The van der Waals surface area contributed by atoms with Gasteiger partial charge in [-0.2, -0.15) is 22.0 Å². The third-order valence-electron chi connectivity index (χ3n) is 7.65. The summed E-state index contributed by atoms with van der Waals surface area (Å²) in [6.45, 7) is -0.875. The van der Waals surface area contributed by atoms with E-state index in [-0.39, 0.29) is 24.0 Å². The fourth-order valence-corrected chi connectivity index (χ4v) is 6.02. The van der Waals surface area contributed by atoms with Crippen molar-refractivity contribution in [2.75, 3.05) is 38.2 Å². The Bertz CT molecular complexity index is 1280. The van der Waals surface area contributed by atoms with Crippen molar-refractivity contribution < 1.29 is 31.1 Å². The predicted molar refractivity (Wildman–Crippen MR) is 138 cm³/mol. The number of likely N-dealkylation sites (tertiary alicyclic amines) is 1. The number of nitrogens with zero attached hydrogens (tertiary/aromatic N) is 2. The molecule has 0 aliphatic carbocycles. The van der Waals surface area contributed by atoms with Gasteiger partial charge >= 0.3 is 12.8 Å². The molecule has 0 spiro atoms. The molecule has 0 amide bonds. The number of H-pyrrole nitrogens is 1. The van der Waals surface area contributed by atoms with Crippen molar-refractivity contribution in [1.82, 2.24) is 14.8 Å². The first-order valence-corrected chi connectivity index (χ1v) is 13.2. The predicted octanol–water partition coefficient (Wildman–Crippen LogP) is 6.51. The van der Waals surface area contributed by atoms with Crippen molar-refractivity contribution >= 4 is 16.6 Å². The summed E-state index contributed by atoms with van der Waals surface area (Å²) in [5.74, 6) is -0.168. The van der Waals surface area contributed by atoms with Gasteiger partial charge in [0.25, 0.3) is 0 Å². The van der Waals surface area contributed by atoms with Crippen LogP contribution in [0.5, 0.6) is 5.75 Å². The van der Waals surface area contributed by atoms with Crippen LogP contribution in [0.4, 0.5) is 32.0 Å². The second-order valence-electron chi connectivity index (χ2n) is 10.4. The standard InChI is InChI=1S/C28H32F6N4O/c1-17-13-22-20-5-2-3-6-23(20)36-25(22)26(38(17)16-28(32,33)34)21-8-7-18(14-24(21)39-27(30)31)35-19-9-12-37(15-19)11-4-10-29/h2-3,5-8,14,17,19,26-27,35-36H,4,9-13,15-16H2,1H3. The largest absolute Gasteiger partial charge is 0.434 e. The van der Waals surface area contributed by atoms with Crippen molar-refractivity contribution in [3.63, 3.8) is 0 Å². The Labute approximate surface area is 223 Å². The average molecular weight is 555 g/mol. The van der Waals surface area contributed by atoms with Gasteiger partial charge in [-0.1, -0.05) is 24.3 Å². The maximum Gasteiger partial charge on any atom is 0.401 e. The molecule has 0 saturated carbocycles. The average Bonchev–Trinajstić information content (AvgIpc) is 3.47. The summed E-state index contributed by atoms with van der Waals surface area (Å²) < 4.78 is 85.9. The van der Waals surface area contributed by atoms with Crippen LogP contribution >= 0.6 is 0 Å². The van der Waals surface area contributed by atoms with Gasteiger partial charge in [0, 0.05) is 65.6 Å². The van der Waals surface area contributed by atoms with Gasteiger partial charge in [-0.15, -0.1) is 0 Å². The summed E-state index contributed by atoms with van der Waals surface area (Å²) in [5.41, 5.74) is 2.99. The Morgan fingerprint density at radius 2 is 1.95 bits per heavy atom. The minimum atomic E-state index is -4.49. The van der Waals surface area contributed by atoms with Crippen LogP contribution in [0, 0.1) is 0 Å². The molecule has 0 radical (unpaired) electrons. The molecule has 212 valence electrons. The number of fused-ring (bicyclic) bond motifs is 3. The van der Waals surface area contributed by atoms with Crippen molar-refractivity contribution in [1.29, 1.82) is 0 Å². The Balaban J connectivity index is 1.53. The maximum atomic E-state index is 13.8. The number of alkyl halides is 6. The van der Waals surface area contributed by atoms with Crippen LogP contribution < -0.4 is 10.1 Å². The third kappa shape index (κ3) is 6.14. The molecule has 2 aromatic carbocycles. The molecule has 3 aromatic rings. The second kappa shape index (κ2) is 11.3. The highest BCUT2D eigenvalue weighted by Gasteiger charge is 2.43. The Morgan fingerprint density at radius 1 is 1.15 bits per heavy atom. The van der Waals surface area contributed by atoms with Gasteiger partial charge in [0.1, 0.15) is 5.75 Å². The molecule has 5 nitrogen and oxygen atoms in total. The second-order valence-corrected chi connectivity index (χ2v) is 10.4. The molecule has 39 heavy (non-hydrogen) atoms. The summed E-state index contributed by atoms with van der Waals surface area (Å²) in [6, 6.07) is 10.8. The van der Waals surface area contributed by atoms with Crippen LogP contribution in [0.25, 0.3) is 10.9 Å². The van der Waals surface area contributed by atoms with E-state index in [4.69, 9.17) is 4.74 Å². The topological polar surface area (TPSA) is 43.5 Å². The van der Waals surface area contributed by atoms with Crippen molar-refractivity contribution in [2.45, 2.75) is 57.1 Å². The number of aromatic amines is 1. The van der Waals surface area contributed by atoms with E-state index in [1.165, 1.54) is 11.0 Å². The van der Waals surface area contributed by atoms with Gasteiger partial charge in [-0.3, -0.25) is 9.29 Å². The number of benzene rings is 2. The lowest BCUT2D eigenvalue weighted by atomic mass is 9.88. The minimum Gasteiger partial charge on any atom is -0.434 e. The van der Waals surface area contributed by atoms with Crippen LogP contribution in [0.15, 0.2) is 42.5 Å². The number of ether oxygens (including phenoxy) is 1. The maximum absolute atomic E-state index is 13.8. The van der Waals surface area contributed by atoms with E-state index in [0.29, 0.717) is 37.3 Å². The van der Waals surface area contributed by atoms with E-state index in [0.717, 1.165) is 29.4 Å². The van der Waals surface area contributed by atoms with Crippen LogP contribution in [0.3, 0.4) is 0 Å². The van der Waals surface area contributed by atoms with Gasteiger partial charge in [0.2, 0.25) is 0 Å². The molecule has 0 bridgehead atoms. The molecular weight excluding hydrogens is 522 g/mol. The number of aromatic nitrogens is 1. The van der Waals surface area contributed by atoms with Crippen LogP contribution in [-0.2, 0) is 6.42 Å². The lowest BCUT2D eigenvalue weighted by Crippen LogP contribution is -2.47. The number of rotatable bonds is 9. The fraction of sp³-hybridized carbons (Fsp3) is 0.500. The molecular formula is C28H32F6N4O. The number of hydrogen-bond donors (Lipinski definition) is 2. The number of nitrogens with one attached hydrogen (secondary N) is 2. The molecule has 2 N–H and O–H groups in total. The molecule has 3 atom stereocenters. The van der Waals surface area contributed by atoms with Gasteiger partial charge in [-0.25, -0.2) is 0 Å². The van der Waals surface area contributed by atoms with Gasteiger partial charge in [0.05, 0.1) is 19.3 Å².